The van der Waals surface area contributed by atoms with Crippen LogP contribution in [0.1, 0.15) is 75.6 Å². The predicted octanol–water partition coefficient (Wildman–Crippen LogP) is 3.31. The number of piperidine rings is 2. The summed E-state index contributed by atoms with van der Waals surface area (Å²) in [6.45, 7) is 8.04. The molecular formula is C25H37N6O2+. The fourth-order valence-electron chi connectivity index (χ4n) is 4.85. The highest BCUT2D eigenvalue weighted by atomic mass is 16.6. The average molecular weight is 454 g/mol. The van der Waals surface area contributed by atoms with Crippen molar-refractivity contribution < 1.29 is 14.1 Å². The van der Waals surface area contributed by atoms with Crippen LogP contribution in [0.2, 0.25) is 0 Å². The van der Waals surface area contributed by atoms with Crippen LogP contribution >= 0.6 is 0 Å². The third kappa shape index (κ3) is 5.74. The summed E-state index contributed by atoms with van der Waals surface area (Å²) in [6, 6.07) is 8.09. The number of likely N-dealkylation sites (tertiary alicyclic amines) is 1. The molecule has 178 valence electrons. The van der Waals surface area contributed by atoms with Gasteiger partial charge in [0.1, 0.15) is 11.4 Å². The van der Waals surface area contributed by atoms with Crippen molar-refractivity contribution in [3.63, 3.8) is 0 Å². The quantitative estimate of drug-likeness (QED) is 0.615. The first-order chi connectivity index (χ1) is 15.7. The van der Waals surface area contributed by atoms with Gasteiger partial charge in [0.05, 0.1) is 6.20 Å². The van der Waals surface area contributed by atoms with Crippen LogP contribution in [0.3, 0.4) is 0 Å². The van der Waals surface area contributed by atoms with Crippen LogP contribution < -0.4 is 21.4 Å². The predicted molar refractivity (Wildman–Crippen MR) is 128 cm³/mol. The zero-order valence-electron chi connectivity index (χ0n) is 20.0. The molecule has 2 aliphatic rings. The fraction of sp³-hybridized carbons (Fsp3) is 0.560. The number of rotatable bonds is 3. The lowest BCUT2D eigenvalue weighted by atomic mass is 9.88. The minimum Gasteiger partial charge on any atom is -0.444 e. The number of hydrogen-bond acceptors (Lipinski definition) is 6. The summed E-state index contributed by atoms with van der Waals surface area (Å²) in [4.78, 5) is 18.5. The normalized spacial score (nSPS) is 22.2. The Kier molecular flexibility index (Phi) is 6.74. The van der Waals surface area contributed by atoms with E-state index in [1.807, 2.05) is 44.0 Å². The van der Waals surface area contributed by atoms with Gasteiger partial charge in [0.15, 0.2) is 6.17 Å². The molecule has 0 spiro atoms. The summed E-state index contributed by atoms with van der Waals surface area (Å²) in [7, 11) is 0. The van der Waals surface area contributed by atoms with Crippen LogP contribution in [-0.2, 0) is 4.74 Å². The van der Waals surface area contributed by atoms with Gasteiger partial charge in [0.2, 0.25) is 0 Å². The Labute approximate surface area is 196 Å². The van der Waals surface area contributed by atoms with Crippen molar-refractivity contribution in [1.29, 1.82) is 0 Å². The monoisotopic (exact) mass is 453 g/mol. The Morgan fingerprint density at radius 2 is 1.82 bits per heavy atom. The number of nitrogens with two attached hydrogens (primary N) is 2. The van der Waals surface area contributed by atoms with Crippen molar-refractivity contribution >= 4 is 17.7 Å². The highest BCUT2D eigenvalue weighted by molar-refractivity contribution is 5.68. The minimum absolute atomic E-state index is 0.128. The summed E-state index contributed by atoms with van der Waals surface area (Å²) in [6.07, 6.45) is 7.84. The van der Waals surface area contributed by atoms with Crippen molar-refractivity contribution in [2.75, 3.05) is 31.1 Å². The molecule has 4 heterocycles. The first-order valence-corrected chi connectivity index (χ1v) is 11.9. The molecule has 0 bridgehead atoms. The molecule has 2 aromatic heterocycles. The average Bonchev–Trinajstić information content (AvgIpc) is 2.79. The molecular weight excluding hydrogens is 416 g/mol. The van der Waals surface area contributed by atoms with E-state index in [1.54, 1.807) is 0 Å². The van der Waals surface area contributed by atoms with E-state index in [-0.39, 0.29) is 12.3 Å². The number of nitrogens with zero attached hydrogens (tertiary/aromatic N) is 3. The van der Waals surface area contributed by atoms with E-state index in [0.717, 1.165) is 38.0 Å². The molecule has 33 heavy (non-hydrogen) atoms. The van der Waals surface area contributed by atoms with Gasteiger partial charge in [-0.05, 0) is 81.7 Å². The van der Waals surface area contributed by atoms with Crippen LogP contribution in [0.15, 0.2) is 36.7 Å². The minimum atomic E-state index is -0.469. The summed E-state index contributed by atoms with van der Waals surface area (Å²) in [5.74, 6) is 2.11. The van der Waals surface area contributed by atoms with E-state index in [2.05, 4.69) is 33.2 Å². The van der Waals surface area contributed by atoms with Crippen LogP contribution in [0.25, 0.3) is 0 Å². The summed E-state index contributed by atoms with van der Waals surface area (Å²) in [5, 5.41) is 3.63. The first-order valence-electron chi connectivity index (χ1n) is 11.9. The molecule has 8 nitrogen and oxygen atoms in total. The SMILES string of the molecule is CC(C)(C)OC(=O)N1CCC(c2ccc(N)[n+](C3CC(c4ccc(N)nc4)CCN3)c2)CC1. The van der Waals surface area contributed by atoms with E-state index in [9.17, 15) is 4.79 Å². The number of aromatic nitrogens is 2. The molecule has 2 aromatic rings. The van der Waals surface area contributed by atoms with Crippen LogP contribution in [0.5, 0.6) is 0 Å². The van der Waals surface area contributed by atoms with Gasteiger partial charge in [-0.15, -0.1) is 0 Å². The van der Waals surface area contributed by atoms with Gasteiger partial charge in [0.25, 0.3) is 5.82 Å². The second kappa shape index (κ2) is 9.55. The number of anilines is 2. The molecule has 0 aromatic carbocycles. The maximum Gasteiger partial charge on any atom is 0.410 e. The third-order valence-corrected chi connectivity index (χ3v) is 6.65. The zero-order valence-corrected chi connectivity index (χ0v) is 20.0. The number of carbonyl (C=O) groups is 1. The number of nitrogen functional groups attached to an aromatic ring is 2. The smallest absolute Gasteiger partial charge is 0.410 e. The van der Waals surface area contributed by atoms with Gasteiger partial charge >= 0.3 is 6.09 Å². The van der Waals surface area contributed by atoms with Crippen LogP contribution in [0.4, 0.5) is 16.4 Å². The van der Waals surface area contributed by atoms with Gasteiger partial charge in [-0.1, -0.05) is 6.07 Å². The standard InChI is InChI=1S/C25H36N6O2/c1-25(2,3)33-24(32)30-12-9-17(10-13-30)20-5-7-22(27)31(16-20)23-14-18(8-11-28-23)19-4-6-21(26)29-15-19/h4-7,15-18,23,27-28H,8-14H2,1-3H3,(H2,26,29)/p+1. The molecule has 2 unspecified atom stereocenters. The van der Waals surface area contributed by atoms with Crippen molar-refractivity contribution in [2.45, 2.75) is 70.1 Å². The molecule has 2 atom stereocenters. The van der Waals surface area contributed by atoms with Crippen molar-refractivity contribution in [1.82, 2.24) is 15.2 Å². The number of nitrogens with one attached hydrogen (secondary N) is 1. The Morgan fingerprint density at radius 1 is 1.09 bits per heavy atom. The van der Waals surface area contributed by atoms with Crippen molar-refractivity contribution in [3.8, 4) is 0 Å². The number of hydrogen-bond donors (Lipinski definition) is 3. The molecule has 0 radical (unpaired) electrons. The van der Waals surface area contributed by atoms with E-state index in [4.69, 9.17) is 16.2 Å². The second-order valence-electron chi connectivity index (χ2n) is 10.2. The highest BCUT2D eigenvalue weighted by Crippen LogP contribution is 2.32. The number of pyridine rings is 2. The fourth-order valence-corrected chi connectivity index (χ4v) is 4.85. The Balaban J connectivity index is 1.43. The van der Waals surface area contributed by atoms with E-state index >= 15 is 0 Å². The first kappa shape index (κ1) is 23.3. The maximum atomic E-state index is 12.4. The number of amides is 1. The molecule has 2 saturated heterocycles. The van der Waals surface area contributed by atoms with Crippen molar-refractivity contribution in [3.05, 3.63) is 47.8 Å². The molecule has 8 heteroatoms. The molecule has 0 saturated carbocycles. The van der Waals surface area contributed by atoms with E-state index in [0.29, 0.717) is 30.7 Å². The van der Waals surface area contributed by atoms with Gasteiger partial charge in [-0.25, -0.2) is 14.3 Å². The molecule has 2 aliphatic heterocycles. The molecule has 0 aliphatic carbocycles. The lowest BCUT2D eigenvalue weighted by Crippen LogP contribution is -2.52. The van der Waals surface area contributed by atoms with E-state index < -0.39 is 5.60 Å². The van der Waals surface area contributed by atoms with E-state index in [1.165, 1.54) is 11.1 Å². The second-order valence-corrected chi connectivity index (χ2v) is 10.2. The number of carbonyl (C=O) groups excluding carboxylic acids is 1. The highest BCUT2D eigenvalue weighted by Gasteiger charge is 2.31. The molecule has 1 amide bonds. The third-order valence-electron chi connectivity index (χ3n) is 6.65. The number of ether oxygens (including phenoxy) is 1. The van der Waals surface area contributed by atoms with Crippen LogP contribution in [-0.4, -0.2) is 41.2 Å². The van der Waals surface area contributed by atoms with Crippen LogP contribution in [0, 0.1) is 0 Å². The topological polar surface area (TPSA) is 110 Å². The lowest BCUT2D eigenvalue weighted by molar-refractivity contribution is -0.717. The largest absolute Gasteiger partial charge is 0.444 e. The Hall–Kier alpha value is -2.87. The lowest BCUT2D eigenvalue weighted by Gasteiger charge is -2.34. The Morgan fingerprint density at radius 3 is 2.48 bits per heavy atom. The van der Waals surface area contributed by atoms with Gasteiger partial charge in [0, 0.05) is 31.8 Å². The van der Waals surface area contributed by atoms with Gasteiger partial charge in [-0.2, -0.15) is 0 Å². The molecule has 4 rings (SSSR count). The maximum absolute atomic E-state index is 12.4. The molecule has 5 N–H and O–H groups in total. The van der Waals surface area contributed by atoms with Gasteiger partial charge in [-0.3, -0.25) is 11.1 Å². The summed E-state index contributed by atoms with van der Waals surface area (Å²) in [5.41, 5.74) is 14.2. The Bertz CT molecular complexity index is 964. The molecule has 2 fully saturated rings. The van der Waals surface area contributed by atoms with Crippen molar-refractivity contribution in [2.24, 2.45) is 0 Å². The summed E-state index contributed by atoms with van der Waals surface area (Å²) >= 11 is 0. The summed E-state index contributed by atoms with van der Waals surface area (Å²) < 4.78 is 7.71. The zero-order chi connectivity index (χ0) is 23.6. The van der Waals surface area contributed by atoms with Gasteiger partial charge < -0.3 is 15.4 Å².